The fourth-order valence-corrected chi connectivity index (χ4v) is 2.14. The first-order valence-electron chi connectivity index (χ1n) is 5.32. The molecular weight excluding hydrogens is 164 g/mol. The number of ether oxygens (including phenoxy) is 1. The van der Waals surface area contributed by atoms with Crippen LogP contribution >= 0.6 is 0 Å². The van der Waals surface area contributed by atoms with Crippen LogP contribution in [-0.4, -0.2) is 12.6 Å². The van der Waals surface area contributed by atoms with Crippen molar-refractivity contribution in [1.82, 2.24) is 0 Å². The van der Waals surface area contributed by atoms with Gasteiger partial charge in [0.25, 0.3) is 0 Å². The van der Waals surface area contributed by atoms with E-state index in [2.05, 4.69) is 6.92 Å². The molecule has 76 valence electrons. The van der Waals surface area contributed by atoms with Crippen molar-refractivity contribution in [1.29, 1.82) is 0 Å². The van der Waals surface area contributed by atoms with E-state index >= 15 is 0 Å². The third kappa shape index (κ3) is 3.37. The lowest BCUT2D eigenvalue weighted by atomic mass is 9.73. The summed E-state index contributed by atoms with van der Waals surface area (Å²) in [7, 11) is 0. The van der Waals surface area contributed by atoms with Crippen molar-refractivity contribution in [3.05, 3.63) is 0 Å². The summed E-state index contributed by atoms with van der Waals surface area (Å²) < 4.78 is 4.97. The molecule has 0 spiro atoms. The van der Waals surface area contributed by atoms with Gasteiger partial charge in [-0.05, 0) is 25.2 Å². The van der Waals surface area contributed by atoms with E-state index in [1.807, 2.05) is 6.92 Å². The molecule has 0 atom stereocenters. The van der Waals surface area contributed by atoms with E-state index in [0.29, 0.717) is 13.0 Å². The molecular formula is C11H20O2. The van der Waals surface area contributed by atoms with Crippen LogP contribution in [0, 0.1) is 5.41 Å². The largest absolute Gasteiger partial charge is 0.466 e. The summed E-state index contributed by atoms with van der Waals surface area (Å²) in [6.45, 7) is 4.58. The van der Waals surface area contributed by atoms with E-state index in [1.54, 1.807) is 0 Å². The van der Waals surface area contributed by atoms with Gasteiger partial charge in [-0.1, -0.05) is 26.2 Å². The molecule has 1 fully saturated rings. The Morgan fingerprint density at radius 3 is 2.46 bits per heavy atom. The van der Waals surface area contributed by atoms with E-state index in [1.165, 1.54) is 32.1 Å². The Labute approximate surface area is 80.7 Å². The molecule has 0 unspecified atom stereocenters. The minimum absolute atomic E-state index is 0.0214. The van der Waals surface area contributed by atoms with Gasteiger partial charge in [-0.25, -0.2) is 0 Å². The predicted molar refractivity (Wildman–Crippen MR) is 52.4 cm³/mol. The molecule has 0 aliphatic heterocycles. The Balaban J connectivity index is 2.36. The maximum Gasteiger partial charge on any atom is 0.306 e. The normalized spacial score (nSPS) is 21.1. The Hall–Kier alpha value is -0.530. The highest BCUT2D eigenvalue weighted by molar-refractivity contribution is 5.70. The molecule has 1 saturated carbocycles. The molecule has 0 aromatic rings. The van der Waals surface area contributed by atoms with Crippen molar-refractivity contribution in [3.8, 4) is 0 Å². The summed E-state index contributed by atoms with van der Waals surface area (Å²) in [6.07, 6.45) is 6.86. The molecule has 0 amide bonds. The standard InChI is InChI=1S/C11H20O2/c1-3-13-10(12)9-11(2)7-5-4-6-8-11/h3-9H2,1-2H3. The lowest BCUT2D eigenvalue weighted by Gasteiger charge is -2.32. The Kier molecular flexibility index (Phi) is 3.76. The first-order valence-corrected chi connectivity index (χ1v) is 5.32. The second kappa shape index (κ2) is 4.64. The predicted octanol–water partition coefficient (Wildman–Crippen LogP) is 2.91. The van der Waals surface area contributed by atoms with Gasteiger partial charge in [0.15, 0.2) is 0 Å². The van der Waals surface area contributed by atoms with E-state index in [0.717, 1.165) is 0 Å². The van der Waals surface area contributed by atoms with Crippen LogP contribution in [-0.2, 0) is 9.53 Å². The average molecular weight is 184 g/mol. The van der Waals surface area contributed by atoms with Crippen molar-refractivity contribution >= 4 is 5.97 Å². The summed E-state index contributed by atoms with van der Waals surface area (Å²) in [5.74, 6) is -0.0214. The third-order valence-corrected chi connectivity index (χ3v) is 2.94. The lowest BCUT2D eigenvalue weighted by molar-refractivity contribution is -0.146. The molecule has 0 N–H and O–H groups in total. The molecule has 1 rings (SSSR count). The lowest BCUT2D eigenvalue weighted by Crippen LogP contribution is -2.24. The van der Waals surface area contributed by atoms with Crippen molar-refractivity contribution in [2.75, 3.05) is 6.61 Å². The summed E-state index contributed by atoms with van der Waals surface area (Å²) in [5.41, 5.74) is 0.227. The monoisotopic (exact) mass is 184 g/mol. The first-order chi connectivity index (χ1) is 6.16. The topological polar surface area (TPSA) is 26.3 Å². The number of rotatable bonds is 3. The minimum Gasteiger partial charge on any atom is -0.466 e. The van der Waals surface area contributed by atoms with Crippen LogP contribution in [0.3, 0.4) is 0 Å². The second-order valence-electron chi connectivity index (χ2n) is 4.35. The van der Waals surface area contributed by atoms with Crippen molar-refractivity contribution in [3.63, 3.8) is 0 Å². The number of hydrogen-bond donors (Lipinski definition) is 0. The molecule has 1 aliphatic rings. The van der Waals surface area contributed by atoms with Gasteiger partial charge in [-0.3, -0.25) is 4.79 Å². The van der Waals surface area contributed by atoms with Crippen molar-refractivity contribution in [2.45, 2.75) is 52.4 Å². The highest BCUT2D eigenvalue weighted by Crippen LogP contribution is 2.38. The zero-order valence-electron chi connectivity index (χ0n) is 8.77. The highest BCUT2D eigenvalue weighted by atomic mass is 16.5. The summed E-state index contributed by atoms with van der Waals surface area (Å²) in [6, 6.07) is 0. The number of carbonyl (C=O) groups excluding carboxylic acids is 1. The molecule has 0 bridgehead atoms. The van der Waals surface area contributed by atoms with Crippen LogP contribution in [0.25, 0.3) is 0 Å². The fraction of sp³-hybridized carbons (Fsp3) is 0.909. The van der Waals surface area contributed by atoms with Crippen LogP contribution in [0.2, 0.25) is 0 Å². The molecule has 1 aliphatic carbocycles. The van der Waals surface area contributed by atoms with Crippen LogP contribution in [0.5, 0.6) is 0 Å². The van der Waals surface area contributed by atoms with E-state index in [4.69, 9.17) is 4.74 Å². The van der Waals surface area contributed by atoms with Gasteiger partial charge < -0.3 is 4.74 Å². The molecule has 0 aromatic heterocycles. The summed E-state index contributed by atoms with van der Waals surface area (Å²) in [4.78, 5) is 11.3. The molecule has 0 heterocycles. The molecule has 0 radical (unpaired) electrons. The maximum absolute atomic E-state index is 11.3. The summed E-state index contributed by atoms with van der Waals surface area (Å²) in [5, 5.41) is 0. The second-order valence-corrected chi connectivity index (χ2v) is 4.35. The SMILES string of the molecule is CCOC(=O)CC1(C)CCCCC1. The maximum atomic E-state index is 11.3. The quantitative estimate of drug-likeness (QED) is 0.630. The van der Waals surface area contributed by atoms with Gasteiger partial charge >= 0.3 is 5.97 Å². The van der Waals surface area contributed by atoms with Gasteiger partial charge in [0.05, 0.1) is 13.0 Å². The third-order valence-electron chi connectivity index (χ3n) is 2.94. The fourth-order valence-electron chi connectivity index (χ4n) is 2.14. The molecule has 0 saturated heterocycles. The van der Waals surface area contributed by atoms with Crippen molar-refractivity contribution in [2.24, 2.45) is 5.41 Å². The van der Waals surface area contributed by atoms with Gasteiger partial charge in [0.1, 0.15) is 0 Å². The zero-order valence-corrected chi connectivity index (χ0v) is 8.77. The Bertz CT molecular complexity index is 169. The highest BCUT2D eigenvalue weighted by Gasteiger charge is 2.29. The summed E-state index contributed by atoms with van der Waals surface area (Å²) >= 11 is 0. The molecule has 13 heavy (non-hydrogen) atoms. The number of esters is 1. The van der Waals surface area contributed by atoms with Crippen LogP contribution in [0.1, 0.15) is 52.4 Å². The average Bonchev–Trinajstić information content (AvgIpc) is 2.04. The van der Waals surface area contributed by atoms with E-state index in [9.17, 15) is 4.79 Å². The van der Waals surface area contributed by atoms with Crippen LogP contribution in [0.15, 0.2) is 0 Å². The zero-order chi connectivity index (χ0) is 9.73. The van der Waals surface area contributed by atoms with E-state index in [-0.39, 0.29) is 11.4 Å². The smallest absolute Gasteiger partial charge is 0.306 e. The Morgan fingerprint density at radius 2 is 1.92 bits per heavy atom. The number of hydrogen-bond acceptors (Lipinski definition) is 2. The van der Waals surface area contributed by atoms with Crippen LogP contribution in [0.4, 0.5) is 0 Å². The van der Waals surface area contributed by atoms with E-state index < -0.39 is 0 Å². The van der Waals surface area contributed by atoms with Crippen molar-refractivity contribution < 1.29 is 9.53 Å². The van der Waals surface area contributed by atoms with Crippen LogP contribution < -0.4 is 0 Å². The minimum atomic E-state index is -0.0214. The van der Waals surface area contributed by atoms with Gasteiger partial charge in [-0.15, -0.1) is 0 Å². The molecule has 0 aromatic carbocycles. The first kappa shape index (κ1) is 10.6. The number of carbonyl (C=O) groups is 1. The van der Waals surface area contributed by atoms with Gasteiger partial charge in [-0.2, -0.15) is 0 Å². The van der Waals surface area contributed by atoms with Gasteiger partial charge in [0.2, 0.25) is 0 Å². The Morgan fingerprint density at radius 1 is 1.31 bits per heavy atom. The molecule has 2 nitrogen and oxygen atoms in total. The van der Waals surface area contributed by atoms with Gasteiger partial charge in [0, 0.05) is 0 Å². The molecule has 2 heteroatoms.